The van der Waals surface area contributed by atoms with Gasteiger partial charge in [0, 0.05) is 0 Å². The Labute approximate surface area is 117 Å². The molecule has 2 aromatic rings. The minimum absolute atomic E-state index is 0.105. The molecule has 1 aliphatic heterocycles. The van der Waals surface area contributed by atoms with Crippen LogP contribution in [0.15, 0.2) is 11.0 Å². The number of aromatic nitrogens is 4. The van der Waals surface area contributed by atoms with E-state index in [-0.39, 0.29) is 17.0 Å². The number of nitrogens with one attached hydrogen (secondary N) is 1. The molecule has 1 saturated heterocycles. The highest BCUT2D eigenvalue weighted by Gasteiger charge is 2.53. The zero-order valence-corrected chi connectivity index (χ0v) is 11.1. The van der Waals surface area contributed by atoms with Crippen LogP contribution in [-0.4, -0.2) is 59.5 Å². The molecule has 0 saturated carbocycles. The van der Waals surface area contributed by atoms with E-state index in [0.717, 1.165) is 0 Å². The summed E-state index contributed by atoms with van der Waals surface area (Å²) in [6, 6.07) is 0. The normalized spacial score (nSPS) is 32.9. The molecule has 1 fully saturated rings. The fourth-order valence-corrected chi connectivity index (χ4v) is 2.47. The monoisotopic (exact) mass is 297 g/mol. The molecule has 0 radical (unpaired) electrons. The number of hydrogen-bond donors (Lipinski definition) is 5. The van der Waals surface area contributed by atoms with Crippen LogP contribution in [-0.2, 0) is 4.74 Å². The number of nitrogens with two attached hydrogens (primary N) is 1. The van der Waals surface area contributed by atoms with Crippen LogP contribution in [0.3, 0.4) is 0 Å². The van der Waals surface area contributed by atoms with Gasteiger partial charge in [-0.15, -0.1) is 0 Å². The van der Waals surface area contributed by atoms with Crippen molar-refractivity contribution in [1.29, 1.82) is 0 Å². The van der Waals surface area contributed by atoms with Crippen LogP contribution < -0.4 is 11.3 Å². The molecule has 0 aliphatic carbocycles. The molecule has 21 heavy (non-hydrogen) atoms. The summed E-state index contributed by atoms with van der Waals surface area (Å²) < 4.78 is 6.59. The Balaban J connectivity index is 2.15. The minimum atomic E-state index is -1.72. The Kier molecular flexibility index (Phi) is 2.99. The second kappa shape index (κ2) is 4.49. The lowest BCUT2D eigenvalue weighted by molar-refractivity contribution is -0.100. The van der Waals surface area contributed by atoms with Crippen molar-refractivity contribution in [2.24, 2.45) is 0 Å². The fraction of sp³-hybridized carbons (Fsp3) is 0.545. The van der Waals surface area contributed by atoms with E-state index in [4.69, 9.17) is 15.6 Å². The number of hydrogen-bond acceptors (Lipinski definition) is 8. The van der Waals surface area contributed by atoms with Crippen molar-refractivity contribution in [3.05, 3.63) is 16.6 Å². The van der Waals surface area contributed by atoms with E-state index in [1.54, 1.807) is 0 Å². The van der Waals surface area contributed by atoms with Crippen LogP contribution in [0, 0.1) is 0 Å². The molecule has 0 aromatic carbocycles. The summed E-state index contributed by atoms with van der Waals surface area (Å²) in [5.41, 5.74) is 3.43. The Morgan fingerprint density at radius 3 is 2.95 bits per heavy atom. The minimum Gasteiger partial charge on any atom is -0.394 e. The number of H-pyrrole nitrogens is 1. The lowest BCUT2D eigenvalue weighted by Crippen LogP contribution is -2.44. The van der Waals surface area contributed by atoms with Crippen molar-refractivity contribution in [3.8, 4) is 0 Å². The van der Waals surface area contributed by atoms with Gasteiger partial charge in [0.05, 0.1) is 12.8 Å². The van der Waals surface area contributed by atoms with Gasteiger partial charge < -0.3 is 25.8 Å². The summed E-state index contributed by atoms with van der Waals surface area (Å²) in [5, 5.41) is 33.7. The molecule has 0 amide bonds. The lowest BCUT2D eigenvalue weighted by atomic mass is 9.97. The maximum absolute atomic E-state index is 11.8. The van der Waals surface area contributed by atoms with Crippen molar-refractivity contribution in [1.82, 2.24) is 19.7 Å². The van der Waals surface area contributed by atoms with Gasteiger partial charge in [0.15, 0.2) is 11.9 Å². The van der Waals surface area contributed by atoms with E-state index in [1.165, 1.54) is 17.8 Å². The van der Waals surface area contributed by atoms with Crippen LogP contribution in [0.5, 0.6) is 0 Å². The molecule has 114 valence electrons. The Hall–Kier alpha value is -2.01. The number of nitrogen functional groups attached to an aromatic ring is 1. The highest BCUT2D eigenvalue weighted by molar-refractivity contribution is 5.74. The van der Waals surface area contributed by atoms with Gasteiger partial charge in [0.2, 0.25) is 5.95 Å². The third-order valence-electron chi connectivity index (χ3n) is 3.64. The van der Waals surface area contributed by atoms with Gasteiger partial charge in [-0.3, -0.25) is 9.78 Å². The molecule has 2 aromatic heterocycles. The van der Waals surface area contributed by atoms with Gasteiger partial charge in [0.25, 0.3) is 5.56 Å². The first-order valence-corrected chi connectivity index (χ1v) is 6.26. The molecule has 0 spiro atoms. The number of ether oxygens (including phenoxy) is 1. The molecule has 4 atom stereocenters. The zero-order valence-electron chi connectivity index (χ0n) is 11.1. The van der Waals surface area contributed by atoms with Gasteiger partial charge >= 0.3 is 0 Å². The maximum Gasteiger partial charge on any atom is 0.263 e. The third kappa shape index (κ3) is 1.92. The van der Waals surface area contributed by atoms with E-state index in [0.29, 0.717) is 0 Å². The molecular formula is C11H15N5O5. The number of rotatable bonds is 2. The highest BCUT2D eigenvalue weighted by Crippen LogP contribution is 2.38. The molecular weight excluding hydrogens is 282 g/mol. The number of aliphatic hydroxyl groups is 3. The quantitative estimate of drug-likeness (QED) is 0.414. The number of aliphatic hydroxyl groups excluding tert-OH is 2. The van der Waals surface area contributed by atoms with Crippen LogP contribution in [0.4, 0.5) is 5.95 Å². The molecule has 0 bridgehead atoms. The van der Waals surface area contributed by atoms with Gasteiger partial charge in [-0.2, -0.15) is 10.1 Å². The second-order valence-corrected chi connectivity index (χ2v) is 5.16. The van der Waals surface area contributed by atoms with Crippen LogP contribution in [0.25, 0.3) is 11.0 Å². The highest BCUT2D eigenvalue weighted by atomic mass is 16.6. The standard InChI is InChI=1S/C11H15N5O5/c1-11(20)6(18)5(3-17)21-9(11)16-7-4(2-13-16)8(19)15-10(12)14-7/h2,5-6,9,17-18,20H,3H2,1H3,(H3,12,14,15,19)/t5-,6?,9-,11+/m1/s1. The molecule has 6 N–H and O–H groups in total. The molecule has 1 unspecified atom stereocenters. The molecule has 3 heterocycles. The fourth-order valence-electron chi connectivity index (χ4n) is 2.47. The van der Waals surface area contributed by atoms with Crippen molar-refractivity contribution in [3.63, 3.8) is 0 Å². The molecule has 3 rings (SSSR count). The van der Waals surface area contributed by atoms with Gasteiger partial charge in [-0.05, 0) is 6.92 Å². The predicted molar refractivity (Wildman–Crippen MR) is 70.2 cm³/mol. The molecule has 10 heteroatoms. The number of nitrogens with zero attached hydrogens (tertiary/aromatic N) is 3. The number of anilines is 1. The van der Waals surface area contributed by atoms with E-state index in [1.807, 2.05) is 0 Å². The van der Waals surface area contributed by atoms with Gasteiger partial charge in [-0.25, -0.2) is 4.68 Å². The number of fused-ring (bicyclic) bond motifs is 1. The van der Waals surface area contributed by atoms with E-state index in [9.17, 15) is 15.0 Å². The van der Waals surface area contributed by atoms with Crippen molar-refractivity contribution in [2.45, 2.75) is 31.0 Å². The lowest BCUT2D eigenvalue weighted by Gasteiger charge is -2.26. The zero-order chi connectivity index (χ0) is 15.4. The Morgan fingerprint density at radius 1 is 1.62 bits per heavy atom. The first kappa shape index (κ1) is 13.9. The topological polar surface area (TPSA) is 160 Å². The number of aromatic amines is 1. The second-order valence-electron chi connectivity index (χ2n) is 5.16. The van der Waals surface area contributed by atoms with Gasteiger partial charge in [-0.1, -0.05) is 0 Å². The summed E-state index contributed by atoms with van der Waals surface area (Å²) in [4.78, 5) is 18.1. The third-order valence-corrected chi connectivity index (χ3v) is 3.64. The molecule has 10 nitrogen and oxygen atoms in total. The van der Waals surface area contributed by atoms with Crippen molar-refractivity contribution < 1.29 is 20.1 Å². The summed E-state index contributed by atoms with van der Waals surface area (Å²) >= 11 is 0. The van der Waals surface area contributed by atoms with Crippen LogP contribution in [0.1, 0.15) is 13.2 Å². The first-order chi connectivity index (χ1) is 9.86. The summed E-state index contributed by atoms with van der Waals surface area (Å²) in [7, 11) is 0. The van der Waals surface area contributed by atoms with Crippen LogP contribution >= 0.6 is 0 Å². The van der Waals surface area contributed by atoms with Gasteiger partial charge in [0.1, 0.15) is 23.2 Å². The van der Waals surface area contributed by atoms with E-state index >= 15 is 0 Å². The van der Waals surface area contributed by atoms with Crippen molar-refractivity contribution >= 4 is 17.0 Å². The largest absolute Gasteiger partial charge is 0.394 e. The smallest absolute Gasteiger partial charge is 0.263 e. The maximum atomic E-state index is 11.8. The summed E-state index contributed by atoms with van der Waals surface area (Å²) in [6.07, 6.45) is -2.14. The van der Waals surface area contributed by atoms with E-state index in [2.05, 4.69) is 15.1 Å². The predicted octanol–water partition coefficient (Wildman–Crippen LogP) is -2.30. The van der Waals surface area contributed by atoms with Crippen molar-refractivity contribution in [2.75, 3.05) is 12.3 Å². The average Bonchev–Trinajstić information content (AvgIpc) is 2.91. The Morgan fingerprint density at radius 2 is 2.33 bits per heavy atom. The van der Waals surface area contributed by atoms with Crippen LogP contribution in [0.2, 0.25) is 0 Å². The van der Waals surface area contributed by atoms with E-state index < -0.39 is 36.2 Å². The summed E-state index contributed by atoms with van der Waals surface area (Å²) in [6.45, 7) is 0.880. The average molecular weight is 297 g/mol. The Bertz CT molecular complexity index is 738. The SMILES string of the molecule is C[C@]1(O)C(O)[C@@H](CO)O[C@H]1n1ncc2c(=O)[nH]c(N)nc21. The first-order valence-electron chi connectivity index (χ1n) is 6.26. The summed E-state index contributed by atoms with van der Waals surface area (Å²) in [5.74, 6) is -0.105. The molecule has 1 aliphatic rings.